The molecule has 0 amide bonds. The van der Waals surface area contributed by atoms with E-state index in [1.165, 1.54) is 18.5 Å². The van der Waals surface area contributed by atoms with Crippen molar-refractivity contribution < 1.29 is 0 Å². The summed E-state index contributed by atoms with van der Waals surface area (Å²) in [5.74, 6) is 0. The predicted molar refractivity (Wildman–Crippen MR) is 40.9 cm³/mol. The first kappa shape index (κ1) is 9.42. The van der Waals surface area contributed by atoms with Crippen molar-refractivity contribution in [2.24, 2.45) is 0 Å². The van der Waals surface area contributed by atoms with Crippen molar-refractivity contribution in [2.45, 2.75) is 0 Å². The van der Waals surface area contributed by atoms with Crippen LogP contribution in [0.25, 0.3) is 0 Å². The van der Waals surface area contributed by atoms with Crippen LogP contribution in [-0.2, 0) is 0 Å². The second kappa shape index (κ2) is 4.27. The maximum absolute atomic E-state index is 8.36. The Labute approximate surface area is 70.3 Å². The Balaban J connectivity index is 0.000001000. The molecule has 0 spiro atoms. The normalized spacial score (nSPS) is 7.09. The zero-order chi connectivity index (χ0) is 7.40. The average Bonchev–Trinajstić information content (AvgIpc) is 2.05. The van der Waals surface area contributed by atoms with Gasteiger partial charge in [0.2, 0.25) is 0 Å². The number of pyridine rings is 1. The van der Waals surface area contributed by atoms with Crippen molar-refractivity contribution in [2.75, 3.05) is 0 Å². The van der Waals surface area contributed by atoms with Crippen LogP contribution in [0.4, 0.5) is 0 Å². The van der Waals surface area contributed by atoms with Crippen LogP contribution in [0.5, 0.6) is 0 Å². The van der Waals surface area contributed by atoms with Gasteiger partial charge in [0.25, 0.3) is 0 Å². The molecule has 0 aliphatic heterocycles. The van der Waals surface area contributed by atoms with Gasteiger partial charge >= 0.3 is 0 Å². The maximum Gasteiger partial charge on any atom is 0.101 e. The highest BCUT2D eigenvalue weighted by Crippen LogP contribution is 1.97. The van der Waals surface area contributed by atoms with Gasteiger partial charge in [-0.1, -0.05) is 0 Å². The van der Waals surface area contributed by atoms with Gasteiger partial charge in [-0.15, -0.1) is 12.4 Å². The molecule has 0 aliphatic rings. The Hall–Kier alpha value is -1.58. The van der Waals surface area contributed by atoms with E-state index in [-0.39, 0.29) is 12.4 Å². The molecule has 0 radical (unpaired) electrons. The molecule has 1 aromatic heterocycles. The van der Waals surface area contributed by atoms with Gasteiger partial charge in [0.1, 0.15) is 12.1 Å². The Bertz CT molecular complexity index is 292. The molecule has 11 heavy (non-hydrogen) atoms. The summed E-state index contributed by atoms with van der Waals surface area (Å²) in [6, 6.07) is 5.27. The Morgan fingerprint density at radius 2 is 1.55 bits per heavy atom. The van der Waals surface area contributed by atoms with E-state index in [1.807, 2.05) is 12.1 Å². The zero-order valence-corrected chi connectivity index (χ0v) is 6.30. The summed E-state index contributed by atoms with van der Waals surface area (Å²) in [6.45, 7) is 0. The third-order valence-electron chi connectivity index (χ3n) is 0.996. The number of aromatic nitrogens is 1. The predicted octanol–water partition coefficient (Wildman–Crippen LogP) is 1.25. The molecule has 0 unspecified atom stereocenters. The van der Waals surface area contributed by atoms with Crippen LogP contribution in [0, 0.1) is 22.7 Å². The number of nitrogens with zero attached hydrogens (tertiary/aromatic N) is 3. The molecule has 1 heterocycles. The van der Waals surface area contributed by atoms with Gasteiger partial charge in [0.15, 0.2) is 0 Å². The largest absolute Gasteiger partial charge is 0.262 e. The number of hydrogen-bond donors (Lipinski definition) is 0. The average molecular weight is 166 g/mol. The third-order valence-corrected chi connectivity index (χ3v) is 0.996. The van der Waals surface area contributed by atoms with Crippen LogP contribution in [0.2, 0.25) is 0 Å². The number of rotatable bonds is 0. The summed E-state index contributed by atoms with van der Waals surface area (Å²) in [6.07, 6.45) is 2.84. The van der Waals surface area contributed by atoms with Crippen molar-refractivity contribution in [3.8, 4) is 12.1 Å². The van der Waals surface area contributed by atoms with Crippen LogP contribution in [0.3, 0.4) is 0 Å². The van der Waals surface area contributed by atoms with Crippen molar-refractivity contribution in [3.63, 3.8) is 0 Å². The molecule has 0 bridgehead atoms. The quantitative estimate of drug-likeness (QED) is 0.581. The van der Waals surface area contributed by atoms with Gasteiger partial charge in [0, 0.05) is 12.4 Å². The topological polar surface area (TPSA) is 60.5 Å². The summed E-state index contributed by atoms with van der Waals surface area (Å²) in [5, 5.41) is 16.7. The van der Waals surface area contributed by atoms with Crippen LogP contribution in [0.1, 0.15) is 11.1 Å². The standard InChI is InChI=1S/C7H3N3.ClH/c8-2-6-1-7(3-9)5-10-4-6;/h1,4-5H;1H. The minimum atomic E-state index is 0. The molecule has 0 saturated heterocycles. The smallest absolute Gasteiger partial charge is 0.101 e. The van der Waals surface area contributed by atoms with Crippen LogP contribution < -0.4 is 0 Å². The van der Waals surface area contributed by atoms with Gasteiger partial charge < -0.3 is 0 Å². The first-order valence-electron chi connectivity index (χ1n) is 2.62. The summed E-state index contributed by atoms with van der Waals surface area (Å²) in [7, 11) is 0. The Morgan fingerprint density at radius 3 is 1.91 bits per heavy atom. The van der Waals surface area contributed by atoms with Crippen molar-refractivity contribution >= 4 is 12.4 Å². The maximum atomic E-state index is 8.36. The molecule has 0 fully saturated rings. The Kier molecular flexibility index (Phi) is 3.66. The molecule has 0 N–H and O–H groups in total. The lowest BCUT2D eigenvalue weighted by molar-refractivity contribution is 1.28. The van der Waals surface area contributed by atoms with E-state index in [0.717, 1.165) is 0 Å². The monoisotopic (exact) mass is 165 g/mol. The highest BCUT2D eigenvalue weighted by molar-refractivity contribution is 5.85. The molecule has 0 saturated carbocycles. The summed E-state index contributed by atoms with van der Waals surface area (Å²) >= 11 is 0. The van der Waals surface area contributed by atoms with Gasteiger partial charge in [-0.3, -0.25) is 4.98 Å². The minimum Gasteiger partial charge on any atom is -0.262 e. The second-order valence-electron chi connectivity index (χ2n) is 1.69. The van der Waals surface area contributed by atoms with E-state index in [4.69, 9.17) is 10.5 Å². The molecular weight excluding hydrogens is 162 g/mol. The molecule has 0 aromatic carbocycles. The number of nitriles is 2. The van der Waals surface area contributed by atoms with Crippen LogP contribution in [-0.4, -0.2) is 4.98 Å². The Morgan fingerprint density at radius 1 is 1.09 bits per heavy atom. The van der Waals surface area contributed by atoms with E-state index in [2.05, 4.69) is 4.98 Å². The number of halogens is 1. The third kappa shape index (κ3) is 2.25. The first-order valence-corrected chi connectivity index (χ1v) is 2.62. The van der Waals surface area contributed by atoms with Crippen molar-refractivity contribution in [3.05, 3.63) is 29.6 Å². The number of hydrogen-bond acceptors (Lipinski definition) is 3. The molecule has 1 aromatic rings. The van der Waals surface area contributed by atoms with Crippen molar-refractivity contribution in [1.29, 1.82) is 10.5 Å². The lowest BCUT2D eigenvalue weighted by Crippen LogP contribution is -1.80. The highest BCUT2D eigenvalue weighted by atomic mass is 35.5. The fourth-order valence-electron chi connectivity index (χ4n) is 0.562. The van der Waals surface area contributed by atoms with Crippen LogP contribution in [0.15, 0.2) is 18.5 Å². The molecule has 0 aliphatic carbocycles. The van der Waals surface area contributed by atoms with Crippen molar-refractivity contribution in [1.82, 2.24) is 4.98 Å². The second-order valence-corrected chi connectivity index (χ2v) is 1.69. The zero-order valence-electron chi connectivity index (χ0n) is 5.48. The van der Waals surface area contributed by atoms with Gasteiger partial charge in [0.05, 0.1) is 11.1 Å². The lowest BCUT2D eigenvalue weighted by Gasteiger charge is -1.85. The SMILES string of the molecule is Cl.N#Cc1cncc(C#N)c1. The molecule has 3 nitrogen and oxygen atoms in total. The molecule has 1 rings (SSSR count). The minimum absolute atomic E-state index is 0. The molecular formula is C7H4ClN3. The van der Waals surface area contributed by atoms with Gasteiger partial charge in [-0.05, 0) is 6.07 Å². The molecule has 0 atom stereocenters. The van der Waals surface area contributed by atoms with Gasteiger partial charge in [-0.25, -0.2) is 0 Å². The first-order chi connectivity index (χ1) is 4.86. The fourth-order valence-corrected chi connectivity index (χ4v) is 0.562. The van der Waals surface area contributed by atoms with E-state index < -0.39 is 0 Å². The van der Waals surface area contributed by atoms with E-state index in [1.54, 1.807) is 0 Å². The summed E-state index contributed by atoms with van der Waals surface area (Å²) in [5.41, 5.74) is 0.832. The lowest BCUT2D eigenvalue weighted by atomic mass is 10.2. The van der Waals surface area contributed by atoms with Gasteiger partial charge in [-0.2, -0.15) is 10.5 Å². The summed E-state index contributed by atoms with van der Waals surface area (Å²) < 4.78 is 0. The highest BCUT2D eigenvalue weighted by Gasteiger charge is 1.91. The molecule has 4 heteroatoms. The van der Waals surface area contributed by atoms with E-state index in [9.17, 15) is 0 Å². The fraction of sp³-hybridized carbons (Fsp3) is 0. The van der Waals surface area contributed by atoms with Crippen LogP contribution >= 0.6 is 12.4 Å². The van der Waals surface area contributed by atoms with E-state index in [0.29, 0.717) is 11.1 Å². The summed E-state index contributed by atoms with van der Waals surface area (Å²) in [4.78, 5) is 3.68. The van der Waals surface area contributed by atoms with E-state index >= 15 is 0 Å². The molecule has 54 valence electrons.